The maximum atomic E-state index is 12.6. The molecule has 0 aliphatic carbocycles. The number of unbranched alkanes of at least 4 members (excludes halogenated alkanes) is 3. The SMILES string of the molecule is CCCCCCNC(=O)Nc1ncnc2c1ncn2C1OC(COc2ncccc2C(O)O)C2OC(c3ccc(-c4ccccc4)cc3)OC21. The van der Waals surface area contributed by atoms with Crippen molar-refractivity contribution < 1.29 is 34.0 Å². The molecule has 0 bridgehead atoms. The van der Waals surface area contributed by atoms with Gasteiger partial charge in [0.05, 0.1) is 11.9 Å². The summed E-state index contributed by atoms with van der Waals surface area (Å²) in [5, 5.41) is 25.3. The summed E-state index contributed by atoms with van der Waals surface area (Å²) in [6.45, 7) is 2.67. The number of hydrogen-bond donors (Lipinski definition) is 4. The number of nitrogens with one attached hydrogen (secondary N) is 2. The Labute approximate surface area is 288 Å². The van der Waals surface area contributed by atoms with Crippen LogP contribution in [0.1, 0.15) is 62.5 Å². The molecule has 3 aromatic heterocycles. The molecule has 2 aliphatic rings. The third-order valence-electron chi connectivity index (χ3n) is 8.78. The van der Waals surface area contributed by atoms with Crippen LogP contribution in [0.15, 0.2) is 85.6 Å². The van der Waals surface area contributed by atoms with Gasteiger partial charge in [0.15, 0.2) is 35.8 Å². The standard InChI is InChI=1S/C36H39N7O7/c1-2-3-4-8-17-38-36(46)42-30-27-31(40-20-39-30)43(21-41-27)33-29-28(26(48-33)19-47-32-25(34(44)45)12-9-18-37-32)49-35(50-29)24-15-13-23(14-16-24)22-10-6-5-7-11-22/h5-7,9-16,18,20-21,26,28-29,33-35,44-45H,2-4,8,17,19H2,1H3,(H2,38,39,40,42,46). The number of urea groups is 1. The van der Waals surface area contributed by atoms with E-state index in [9.17, 15) is 15.0 Å². The first-order valence-electron chi connectivity index (χ1n) is 16.8. The van der Waals surface area contributed by atoms with Crippen LogP contribution in [0.2, 0.25) is 0 Å². The molecule has 5 aromatic rings. The van der Waals surface area contributed by atoms with Gasteiger partial charge in [0, 0.05) is 18.3 Å². The Balaban J connectivity index is 1.12. The Morgan fingerprint density at radius 1 is 0.900 bits per heavy atom. The third-order valence-corrected chi connectivity index (χ3v) is 8.78. The number of fused-ring (bicyclic) bond motifs is 2. The Morgan fingerprint density at radius 2 is 1.70 bits per heavy atom. The van der Waals surface area contributed by atoms with Crippen LogP contribution in [0.5, 0.6) is 5.88 Å². The number of benzene rings is 2. The molecule has 0 saturated carbocycles. The number of anilines is 1. The van der Waals surface area contributed by atoms with Gasteiger partial charge in [-0.05, 0) is 29.7 Å². The van der Waals surface area contributed by atoms with Gasteiger partial charge < -0.3 is 34.5 Å². The molecular formula is C36H39N7O7. The number of aromatic nitrogens is 5. The predicted octanol–water partition coefficient (Wildman–Crippen LogP) is 5.03. The monoisotopic (exact) mass is 681 g/mol. The van der Waals surface area contributed by atoms with Crippen LogP contribution in [0.4, 0.5) is 10.6 Å². The van der Waals surface area contributed by atoms with Crippen LogP contribution in [-0.4, -0.2) is 72.2 Å². The second kappa shape index (κ2) is 15.3. The molecule has 5 heterocycles. The smallest absolute Gasteiger partial charge is 0.320 e. The zero-order chi connectivity index (χ0) is 34.5. The zero-order valence-electron chi connectivity index (χ0n) is 27.5. The quantitative estimate of drug-likeness (QED) is 0.0969. The van der Waals surface area contributed by atoms with E-state index < -0.39 is 37.1 Å². The normalized spacial score (nSPS) is 21.4. The van der Waals surface area contributed by atoms with E-state index in [4.69, 9.17) is 18.9 Å². The number of ether oxygens (including phenoxy) is 4. The topological polar surface area (TPSA) is 175 Å². The van der Waals surface area contributed by atoms with E-state index in [1.54, 1.807) is 17.0 Å². The van der Waals surface area contributed by atoms with Crippen molar-refractivity contribution in [2.24, 2.45) is 0 Å². The first-order valence-corrected chi connectivity index (χ1v) is 16.8. The minimum Gasteiger partial charge on any atom is -0.474 e. The van der Waals surface area contributed by atoms with Gasteiger partial charge in [-0.3, -0.25) is 9.88 Å². The zero-order valence-corrected chi connectivity index (χ0v) is 27.5. The number of amides is 2. The van der Waals surface area contributed by atoms with Crippen LogP contribution in [0.3, 0.4) is 0 Å². The summed E-state index contributed by atoms with van der Waals surface area (Å²) in [6, 6.07) is 20.8. The molecule has 2 fully saturated rings. The molecule has 2 amide bonds. The highest BCUT2D eigenvalue weighted by atomic mass is 16.8. The first kappa shape index (κ1) is 33.5. The van der Waals surface area contributed by atoms with Crippen LogP contribution >= 0.6 is 0 Å². The summed E-state index contributed by atoms with van der Waals surface area (Å²) in [4.78, 5) is 30.1. The Kier molecular flexibility index (Phi) is 10.2. The fourth-order valence-corrected chi connectivity index (χ4v) is 6.23. The van der Waals surface area contributed by atoms with Crippen molar-refractivity contribution in [3.63, 3.8) is 0 Å². The van der Waals surface area contributed by atoms with Crippen LogP contribution in [-0.2, 0) is 14.2 Å². The number of nitrogens with zero attached hydrogens (tertiary/aromatic N) is 5. The van der Waals surface area contributed by atoms with Crippen molar-refractivity contribution in [2.75, 3.05) is 18.5 Å². The Morgan fingerprint density at radius 3 is 2.50 bits per heavy atom. The van der Waals surface area contributed by atoms with Gasteiger partial charge in [0.1, 0.15) is 31.2 Å². The summed E-state index contributed by atoms with van der Waals surface area (Å²) >= 11 is 0. The molecule has 5 atom stereocenters. The highest BCUT2D eigenvalue weighted by molar-refractivity contribution is 5.95. The molecule has 14 heteroatoms. The van der Waals surface area contributed by atoms with Crippen molar-refractivity contribution in [3.8, 4) is 17.0 Å². The van der Waals surface area contributed by atoms with Gasteiger partial charge in [-0.2, -0.15) is 0 Å². The summed E-state index contributed by atoms with van der Waals surface area (Å²) in [5.41, 5.74) is 3.94. The van der Waals surface area contributed by atoms with Crippen LogP contribution in [0, 0.1) is 0 Å². The summed E-state index contributed by atoms with van der Waals surface area (Å²) < 4.78 is 27.2. The fraction of sp³-hybridized carbons (Fsp3) is 0.361. The second-order valence-electron chi connectivity index (χ2n) is 12.2. The lowest BCUT2D eigenvalue weighted by Gasteiger charge is -2.22. The lowest BCUT2D eigenvalue weighted by atomic mass is 10.0. The molecule has 50 heavy (non-hydrogen) atoms. The Hall–Kier alpha value is -4.99. The molecule has 260 valence electrons. The highest BCUT2D eigenvalue weighted by Crippen LogP contribution is 2.45. The lowest BCUT2D eigenvalue weighted by molar-refractivity contribution is -0.152. The molecule has 0 spiro atoms. The van der Waals surface area contributed by atoms with E-state index in [2.05, 4.69) is 49.6 Å². The van der Waals surface area contributed by atoms with Gasteiger partial charge in [0.25, 0.3) is 0 Å². The summed E-state index contributed by atoms with van der Waals surface area (Å²) in [6.07, 6.45) is 3.57. The maximum absolute atomic E-state index is 12.6. The number of hydrogen-bond acceptors (Lipinski definition) is 11. The molecule has 14 nitrogen and oxygen atoms in total. The number of aliphatic hydroxyl groups is 2. The molecule has 0 radical (unpaired) electrons. The third kappa shape index (κ3) is 7.15. The number of carbonyl (C=O) groups is 1. The van der Waals surface area contributed by atoms with Gasteiger partial charge >= 0.3 is 6.03 Å². The minimum atomic E-state index is -1.76. The van der Waals surface area contributed by atoms with E-state index in [-0.39, 0.29) is 29.9 Å². The number of imidazole rings is 1. The van der Waals surface area contributed by atoms with Gasteiger partial charge in [0.2, 0.25) is 5.88 Å². The second-order valence-corrected chi connectivity index (χ2v) is 12.2. The summed E-state index contributed by atoms with van der Waals surface area (Å²) in [7, 11) is 0. The summed E-state index contributed by atoms with van der Waals surface area (Å²) in [5.74, 6) is 0.331. The molecular weight excluding hydrogens is 642 g/mol. The van der Waals surface area contributed by atoms with Crippen molar-refractivity contribution in [1.29, 1.82) is 0 Å². The van der Waals surface area contributed by atoms with Gasteiger partial charge in [-0.1, -0.05) is 80.8 Å². The van der Waals surface area contributed by atoms with Gasteiger partial charge in [-0.15, -0.1) is 0 Å². The molecule has 4 N–H and O–H groups in total. The number of carbonyl (C=O) groups excluding carboxylic acids is 1. The largest absolute Gasteiger partial charge is 0.474 e. The molecule has 2 saturated heterocycles. The number of aliphatic hydroxyl groups excluding tert-OH is 1. The molecule has 5 unspecified atom stereocenters. The van der Waals surface area contributed by atoms with E-state index in [0.717, 1.165) is 42.4 Å². The van der Waals surface area contributed by atoms with E-state index in [0.29, 0.717) is 17.7 Å². The van der Waals surface area contributed by atoms with Crippen LogP contribution < -0.4 is 15.4 Å². The van der Waals surface area contributed by atoms with Crippen molar-refractivity contribution >= 4 is 23.0 Å². The highest BCUT2D eigenvalue weighted by Gasteiger charge is 2.54. The average molecular weight is 682 g/mol. The van der Waals surface area contributed by atoms with Crippen molar-refractivity contribution in [2.45, 2.75) is 69.7 Å². The van der Waals surface area contributed by atoms with Gasteiger partial charge in [-0.25, -0.2) is 24.7 Å². The lowest BCUT2D eigenvalue weighted by Crippen LogP contribution is -2.33. The number of rotatable bonds is 13. The average Bonchev–Trinajstić information content (AvgIpc) is 3.86. The van der Waals surface area contributed by atoms with Crippen LogP contribution in [0.25, 0.3) is 22.3 Å². The van der Waals surface area contributed by atoms with Crippen molar-refractivity contribution in [3.05, 3.63) is 96.7 Å². The fourth-order valence-electron chi connectivity index (χ4n) is 6.23. The molecule has 2 aromatic carbocycles. The maximum Gasteiger partial charge on any atom is 0.320 e. The minimum absolute atomic E-state index is 0.0235. The molecule has 7 rings (SSSR count). The Bertz CT molecular complexity index is 1890. The van der Waals surface area contributed by atoms with E-state index in [1.807, 2.05) is 42.5 Å². The van der Waals surface area contributed by atoms with E-state index >= 15 is 0 Å². The predicted molar refractivity (Wildman–Crippen MR) is 182 cm³/mol. The van der Waals surface area contributed by atoms with Crippen molar-refractivity contribution in [1.82, 2.24) is 29.8 Å². The number of pyridine rings is 1. The first-order chi connectivity index (χ1) is 24.5. The molecule has 2 aliphatic heterocycles. The van der Waals surface area contributed by atoms with E-state index in [1.165, 1.54) is 18.6 Å².